The largest absolute Gasteiger partial charge is 0.349 e. The monoisotopic (exact) mass is 356 g/mol. The van der Waals surface area contributed by atoms with Crippen LogP contribution in [0.15, 0.2) is 30.5 Å². The number of carbonyl (C=O) groups excluding carboxylic acids is 2. The predicted octanol–water partition coefficient (Wildman–Crippen LogP) is 3.27. The van der Waals surface area contributed by atoms with Crippen LogP contribution >= 0.6 is 11.5 Å². The van der Waals surface area contributed by atoms with Crippen molar-refractivity contribution < 1.29 is 9.59 Å². The third-order valence-corrected chi connectivity index (χ3v) is 5.14. The number of nitrogens with one attached hydrogen (secondary N) is 1. The molecule has 130 valence electrons. The Kier molecular flexibility index (Phi) is 4.94. The van der Waals surface area contributed by atoms with Crippen molar-refractivity contribution in [3.63, 3.8) is 0 Å². The highest BCUT2D eigenvalue weighted by molar-refractivity contribution is 7.05. The zero-order valence-electron chi connectivity index (χ0n) is 14.4. The van der Waals surface area contributed by atoms with Crippen LogP contribution in [0.5, 0.6) is 0 Å². The van der Waals surface area contributed by atoms with Crippen molar-refractivity contribution in [1.82, 2.24) is 19.5 Å². The molecule has 25 heavy (non-hydrogen) atoms. The highest BCUT2D eigenvalue weighted by Crippen LogP contribution is 2.27. The predicted molar refractivity (Wildman–Crippen MR) is 97.8 cm³/mol. The van der Waals surface area contributed by atoms with Crippen LogP contribution in [0.2, 0.25) is 0 Å². The fourth-order valence-electron chi connectivity index (χ4n) is 2.95. The number of carbonyl (C=O) groups is 2. The van der Waals surface area contributed by atoms with E-state index in [9.17, 15) is 9.59 Å². The highest BCUT2D eigenvalue weighted by Gasteiger charge is 2.22. The van der Waals surface area contributed by atoms with Crippen LogP contribution in [-0.2, 0) is 11.3 Å². The van der Waals surface area contributed by atoms with E-state index in [4.69, 9.17) is 0 Å². The lowest BCUT2D eigenvalue weighted by Crippen LogP contribution is -2.31. The maximum atomic E-state index is 12.8. The van der Waals surface area contributed by atoms with Gasteiger partial charge < -0.3 is 9.88 Å². The standard InChI is InChI=1S/C18H20N4O2S/c1-4-15(18(24)19-9-17-11(2)20-21-25-17)22-10-14(12(3)23)13-7-5-6-8-16(13)22/h5-8,10,15H,4,9H2,1-3H3,(H,19,24). The molecule has 3 rings (SSSR count). The van der Waals surface area contributed by atoms with Gasteiger partial charge in [0.1, 0.15) is 6.04 Å². The molecule has 1 atom stereocenters. The van der Waals surface area contributed by atoms with E-state index in [-0.39, 0.29) is 17.7 Å². The molecular formula is C18H20N4O2S. The Labute approximate surface area is 150 Å². The number of hydrogen-bond donors (Lipinski definition) is 1. The minimum absolute atomic E-state index is 0.00318. The molecule has 1 unspecified atom stereocenters. The third-order valence-electron chi connectivity index (χ3n) is 4.31. The third kappa shape index (κ3) is 3.32. The van der Waals surface area contributed by atoms with Crippen LogP contribution in [0.1, 0.15) is 47.2 Å². The van der Waals surface area contributed by atoms with Gasteiger partial charge in [-0.15, -0.1) is 5.10 Å². The number of nitrogens with zero attached hydrogens (tertiary/aromatic N) is 3. The number of hydrogen-bond acceptors (Lipinski definition) is 5. The van der Waals surface area contributed by atoms with Gasteiger partial charge in [0.05, 0.1) is 17.1 Å². The summed E-state index contributed by atoms with van der Waals surface area (Å²) in [6, 6.07) is 7.30. The van der Waals surface area contributed by atoms with E-state index >= 15 is 0 Å². The van der Waals surface area contributed by atoms with Crippen LogP contribution in [0.25, 0.3) is 10.9 Å². The molecule has 0 aliphatic carbocycles. The molecule has 2 heterocycles. The number of Topliss-reactive ketones (excluding diaryl/α,β-unsaturated/α-hetero) is 1. The quantitative estimate of drug-likeness (QED) is 0.688. The summed E-state index contributed by atoms with van der Waals surface area (Å²) in [6.07, 6.45) is 2.42. The van der Waals surface area contributed by atoms with Crippen molar-refractivity contribution in [2.75, 3.05) is 0 Å². The Balaban J connectivity index is 1.90. The number of rotatable bonds is 6. The second-order valence-corrected chi connectivity index (χ2v) is 6.79. The molecule has 0 fully saturated rings. The Hall–Kier alpha value is -2.54. The summed E-state index contributed by atoms with van der Waals surface area (Å²) in [5.74, 6) is -0.0808. The Morgan fingerprint density at radius 1 is 1.32 bits per heavy atom. The molecule has 6 nitrogen and oxygen atoms in total. The molecule has 0 bridgehead atoms. The first-order valence-corrected chi connectivity index (χ1v) is 8.96. The minimum atomic E-state index is -0.376. The first kappa shape index (κ1) is 17.3. The smallest absolute Gasteiger partial charge is 0.243 e. The fourth-order valence-corrected chi connectivity index (χ4v) is 3.52. The van der Waals surface area contributed by atoms with Gasteiger partial charge in [-0.25, -0.2) is 0 Å². The summed E-state index contributed by atoms with van der Waals surface area (Å²) >= 11 is 1.29. The Bertz CT molecular complexity index is 928. The number of benzene rings is 1. The molecule has 1 N–H and O–H groups in total. The molecular weight excluding hydrogens is 336 g/mol. The van der Waals surface area contributed by atoms with Crippen molar-refractivity contribution >= 4 is 34.1 Å². The summed E-state index contributed by atoms with van der Waals surface area (Å²) in [6.45, 7) is 5.80. The minimum Gasteiger partial charge on any atom is -0.349 e. The Morgan fingerprint density at radius 3 is 2.72 bits per heavy atom. The first-order chi connectivity index (χ1) is 12.0. The molecule has 0 saturated heterocycles. The van der Waals surface area contributed by atoms with Gasteiger partial charge in [-0.05, 0) is 37.9 Å². The van der Waals surface area contributed by atoms with Gasteiger partial charge >= 0.3 is 0 Å². The van der Waals surface area contributed by atoms with Gasteiger partial charge in [0, 0.05) is 22.7 Å². The number of aromatic nitrogens is 3. The average Bonchev–Trinajstić information content (AvgIpc) is 3.18. The van der Waals surface area contributed by atoms with Crippen molar-refractivity contribution in [2.24, 2.45) is 0 Å². The zero-order chi connectivity index (χ0) is 18.0. The molecule has 7 heteroatoms. The molecule has 3 aromatic rings. The molecule has 0 aliphatic rings. The van der Waals surface area contributed by atoms with Crippen LogP contribution in [0.3, 0.4) is 0 Å². The summed E-state index contributed by atoms with van der Waals surface area (Å²) in [5, 5.41) is 7.80. The van der Waals surface area contributed by atoms with Crippen molar-refractivity contribution in [1.29, 1.82) is 0 Å². The van der Waals surface area contributed by atoms with Gasteiger partial charge in [0.25, 0.3) is 0 Å². The molecule has 0 spiro atoms. The van der Waals surface area contributed by atoms with Gasteiger partial charge in [-0.3, -0.25) is 9.59 Å². The molecule has 0 radical (unpaired) electrons. The maximum absolute atomic E-state index is 12.8. The number of aryl methyl sites for hydroxylation is 1. The normalized spacial score (nSPS) is 12.3. The van der Waals surface area contributed by atoms with Gasteiger partial charge in [-0.2, -0.15) is 0 Å². The molecule has 2 aromatic heterocycles. The zero-order valence-corrected chi connectivity index (χ0v) is 15.3. The number of fused-ring (bicyclic) bond motifs is 1. The van der Waals surface area contributed by atoms with Gasteiger partial charge in [-0.1, -0.05) is 29.6 Å². The number of amides is 1. The van der Waals surface area contributed by atoms with Crippen molar-refractivity contribution in [3.8, 4) is 0 Å². The Morgan fingerprint density at radius 2 is 2.08 bits per heavy atom. The fraction of sp³-hybridized carbons (Fsp3) is 0.333. The maximum Gasteiger partial charge on any atom is 0.243 e. The van der Waals surface area contributed by atoms with E-state index in [0.29, 0.717) is 18.5 Å². The lowest BCUT2D eigenvalue weighted by atomic mass is 10.1. The first-order valence-electron chi connectivity index (χ1n) is 8.19. The molecule has 0 aliphatic heterocycles. The molecule has 1 amide bonds. The second kappa shape index (κ2) is 7.14. The summed E-state index contributed by atoms with van der Waals surface area (Å²) in [7, 11) is 0. The second-order valence-electron chi connectivity index (χ2n) is 5.95. The number of para-hydroxylation sites is 1. The summed E-state index contributed by atoms with van der Waals surface area (Å²) < 4.78 is 5.79. The van der Waals surface area contributed by atoms with Gasteiger partial charge in [0.15, 0.2) is 5.78 Å². The summed E-state index contributed by atoms with van der Waals surface area (Å²) in [5.41, 5.74) is 2.37. The van der Waals surface area contributed by atoms with Crippen LogP contribution in [0, 0.1) is 6.92 Å². The van der Waals surface area contributed by atoms with Crippen LogP contribution < -0.4 is 5.32 Å². The molecule has 1 aromatic carbocycles. The average molecular weight is 356 g/mol. The van der Waals surface area contributed by atoms with E-state index in [2.05, 4.69) is 14.9 Å². The van der Waals surface area contributed by atoms with Crippen molar-refractivity contribution in [3.05, 3.63) is 46.6 Å². The van der Waals surface area contributed by atoms with Crippen LogP contribution in [0.4, 0.5) is 0 Å². The summed E-state index contributed by atoms with van der Waals surface area (Å²) in [4.78, 5) is 25.6. The van der Waals surface area contributed by atoms with Gasteiger partial charge in [0.2, 0.25) is 5.91 Å². The molecule has 0 saturated carbocycles. The van der Waals surface area contributed by atoms with E-state index in [1.165, 1.54) is 11.5 Å². The topological polar surface area (TPSA) is 76.9 Å². The van der Waals surface area contributed by atoms with E-state index < -0.39 is 0 Å². The van der Waals surface area contributed by atoms with Crippen LogP contribution in [-0.4, -0.2) is 25.8 Å². The van der Waals surface area contributed by atoms with Crippen molar-refractivity contribution in [2.45, 2.75) is 39.8 Å². The SMILES string of the molecule is CCC(C(=O)NCc1snnc1C)n1cc(C(C)=O)c2ccccc21. The van der Waals surface area contributed by atoms with E-state index in [1.807, 2.05) is 42.7 Å². The lowest BCUT2D eigenvalue weighted by Gasteiger charge is -2.18. The van der Waals surface area contributed by atoms with E-state index in [0.717, 1.165) is 21.5 Å². The lowest BCUT2D eigenvalue weighted by molar-refractivity contribution is -0.124. The highest BCUT2D eigenvalue weighted by atomic mass is 32.1. The number of ketones is 1. The van der Waals surface area contributed by atoms with E-state index in [1.54, 1.807) is 13.1 Å².